The maximum Gasteiger partial charge on any atom is 0.243 e. The molecule has 25 heavy (non-hydrogen) atoms. The average molecular weight is 368 g/mol. The predicted octanol–water partition coefficient (Wildman–Crippen LogP) is 2.40. The Bertz CT molecular complexity index is 673. The normalized spacial score (nSPS) is 20.0. The van der Waals surface area contributed by atoms with Gasteiger partial charge in [-0.1, -0.05) is 6.92 Å². The number of benzene rings is 1. The molecule has 0 radical (unpaired) electrons. The van der Waals surface area contributed by atoms with E-state index in [1.54, 1.807) is 24.3 Å². The molecule has 0 bridgehead atoms. The van der Waals surface area contributed by atoms with Gasteiger partial charge in [-0.3, -0.25) is 4.79 Å². The molecule has 1 saturated heterocycles. The third-order valence-electron chi connectivity index (χ3n) is 4.53. The highest BCUT2D eigenvalue weighted by molar-refractivity contribution is 7.89. The summed E-state index contributed by atoms with van der Waals surface area (Å²) >= 11 is 0. The summed E-state index contributed by atoms with van der Waals surface area (Å²) in [6.45, 7) is 7.05. The van der Waals surface area contributed by atoms with E-state index in [0.29, 0.717) is 25.3 Å². The first-order valence-electron chi connectivity index (χ1n) is 8.91. The van der Waals surface area contributed by atoms with Crippen molar-refractivity contribution in [1.29, 1.82) is 0 Å². The van der Waals surface area contributed by atoms with Crippen molar-refractivity contribution < 1.29 is 17.9 Å². The molecule has 1 N–H and O–H groups in total. The standard InChI is InChI=1S/C18H28N2O4S/c1-4-14(3)19-18(21)15-7-6-12-20(13-15)25(22,23)17-10-8-16(9-11-17)24-5-2/h8-11,14-15H,4-7,12-13H2,1-3H3,(H,19,21)/t14-,15-/m0/s1. The van der Waals surface area contributed by atoms with Crippen LogP contribution in [0.2, 0.25) is 0 Å². The van der Waals surface area contributed by atoms with Gasteiger partial charge in [-0.15, -0.1) is 0 Å². The number of sulfonamides is 1. The van der Waals surface area contributed by atoms with Gasteiger partial charge in [0, 0.05) is 19.1 Å². The fourth-order valence-electron chi connectivity index (χ4n) is 2.86. The molecule has 1 fully saturated rings. The Morgan fingerprint density at radius 3 is 2.60 bits per heavy atom. The SMILES string of the molecule is CCOc1ccc(S(=O)(=O)N2CCC[C@H](C(=O)N[C@@H](C)CC)C2)cc1. The predicted molar refractivity (Wildman–Crippen MR) is 97.0 cm³/mol. The number of nitrogens with one attached hydrogen (secondary N) is 1. The Kier molecular flexibility index (Phi) is 6.84. The van der Waals surface area contributed by atoms with Gasteiger partial charge in [0.15, 0.2) is 0 Å². The molecule has 1 aromatic carbocycles. The summed E-state index contributed by atoms with van der Waals surface area (Å²) in [5, 5.41) is 2.96. The zero-order chi connectivity index (χ0) is 18.4. The summed E-state index contributed by atoms with van der Waals surface area (Å²) in [5.74, 6) is 0.298. The number of carbonyl (C=O) groups is 1. The molecule has 1 aliphatic heterocycles. The zero-order valence-corrected chi connectivity index (χ0v) is 16.0. The fourth-order valence-corrected chi connectivity index (χ4v) is 4.38. The van der Waals surface area contributed by atoms with Gasteiger partial charge >= 0.3 is 0 Å². The van der Waals surface area contributed by atoms with Gasteiger partial charge in [-0.2, -0.15) is 4.31 Å². The highest BCUT2D eigenvalue weighted by atomic mass is 32.2. The lowest BCUT2D eigenvalue weighted by molar-refractivity contribution is -0.126. The molecule has 1 aromatic rings. The molecule has 2 atom stereocenters. The monoisotopic (exact) mass is 368 g/mol. The van der Waals surface area contributed by atoms with Gasteiger partial charge in [0.2, 0.25) is 15.9 Å². The molecule has 0 aromatic heterocycles. The van der Waals surface area contributed by atoms with Crippen LogP contribution in [-0.2, 0) is 14.8 Å². The van der Waals surface area contributed by atoms with Crippen LogP contribution in [0.15, 0.2) is 29.2 Å². The molecule has 6 nitrogen and oxygen atoms in total. The first-order valence-corrected chi connectivity index (χ1v) is 10.4. The molecule has 0 saturated carbocycles. The van der Waals surface area contributed by atoms with Gasteiger partial charge in [0.1, 0.15) is 5.75 Å². The largest absolute Gasteiger partial charge is 0.494 e. The zero-order valence-electron chi connectivity index (χ0n) is 15.2. The number of piperidine rings is 1. The average Bonchev–Trinajstić information content (AvgIpc) is 2.62. The van der Waals surface area contributed by atoms with E-state index < -0.39 is 10.0 Å². The van der Waals surface area contributed by atoms with Crippen molar-refractivity contribution in [2.75, 3.05) is 19.7 Å². The molecular weight excluding hydrogens is 340 g/mol. The Morgan fingerprint density at radius 1 is 1.32 bits per heavy atom. The van der Waals surface area contributed by atoms with Gasteiger partial charge in [0.25, 0.3) is 0 Å². The van der Waals surface area contributed by atoms with Crippen LogP contribution in [0.4, 0.5) is 0 Å². The lowest BCUT2D eigenvalue weighted by atomic mass is 9.98. The van der Waals surface area contributed by atoms with E-state index in [2.05, 4.69) is 5.32 Å². The Hall–Kier alpha value is -1.60. The van der Waals surface area contributed by atoms with Gasteiger partial charge in [0.05, 0.1) is 17.4 Å². The van der Waals surface area contributed by atoms with Crippen LogP contribution in [0.25, 0.3) is 0 Å². The third-order valence-corrected chi connectivity index (χ3v) is 6.41. The molecule has 1 heterocycles. The lowest BCUT2D eigenvalue weighted by Crippen LogP contribution is -2.46. The number of rotatable bonds is 7. The second kappa shape index (κ2) is 8.67. The van der Waals surface area contributed by atoms with Crippen molar-refractivity contribution in [2.24, 2.45) is 5.92 Å². The van der Waals surface area contributed by atoms with E-state index in [0.717, 1.165) is 12.8 Å². The molecule has 1 amide bonds. The summed E-state index contributed by atoms with van der Waals surface area (Å²) in [7, 11) is -3.60. The van der Waals surface area contributed by atoms with Crippen LogP contribution in [-0.4, -0.2) is 44.4 Å². The van der Waals surface area contributed by atoms with Gasteiger partial charge in [-0.25, -0.2) is 8.42 Å². The van der Waals surface area contributed by atoms with Crippen LogP contribution in [0.5, 0.6) is 5.75 Å². The van der Waals surface area contributed by atoms with Crippen molar-refractivity contribution in [1.82, 2.24) is 9.62 Å². The maximum atomic E-state index is 12.9. The van der Waals surface area contributed by atoms with E-state index in [4.69, 9.17) is 4.74 Å². The molecular formula is C18H28N2O4S. The second-order valence-electron chi connectivity index (χ2n) is 6.42. The summed E-state index contributed by atoms with van der Waals surface area (Å²) in [6, 6.07) is 6.54. The molecule has 0 unspecified atom stereocenters. The van der Waals surface area contributed by atoms with E-state index in [9.17, 15) is 13.2 Å². The number of nitrogens with zero attached hydrogens (tertiary/aromatic N) is 1. The minimum atomic E-state index is -3.60. The Balaban J connectivity index is 2.09. The van der Waals surface area contributed by atoms with E-state index in [1.165, 1.54) is 4.31 Å². The number of hydrogen-bond acceptors (Lipinski definition) is 4. The molecule has 7 heteroatoms. The lowest BCUT2D eigenvalue weighted by Gasteiger charge is -2.31. The highest BCUT2D eigenvalue weighted by Gasteiger charge is 2.33. The summed E-state index contributed by atoms with van der Waals surface area (Å²) < 4.78 is 32.5. The Morgan fingerprint density at radius 2 is 2.00 bits per heavy atom. The smallest absolute Gasteiger partial charge is 0.243 e. The summed E-state index contributed by atoms with van der Waals surface area (Å²) in [5.41, 5.74) is 0. The summed E-state index contributed by atoms with van der Waals surface area (Å²) in [6.07, 6.45) is 2.26. The second-order valence-corrected chi connectivity index (χ2v) is 8.36. The van der Waals surface area contributed by atoms with E-state index >= 15 is 0 Å². The Labute approximate surface area is 150 Å². The minimum Gasteiger partial charge on any atom is -0.494 e. The summed E-state index contributed by atoms with van der Waals surface area (Å²) in [4.78, 5) is 12.6. The molecule has 140 valence electrons. The molecule has 0 spiro atoms. The first-order chi connectivity index (χ1) is 11.9. The fraction of sp³-hybridized carbons (Fsp3) is 0.611. The van der Waals surface area contributed by atoms with Crippen molar-refractivity contribution in [3.8, 4) is 5.75 Å². The van der Waals surface area contributed by atoms with Crippen LogP contribution in [0.1, 0.15) is 40.0 Å². The maximum absolute atomic E-state index is 12.9. The van der Waals surface area contributed by atoms with Crippen LogP contribution in [0, 0.1) is 5.92 Å². The number of carbonyl (C=O) groups excluding carboxylic acids is 1. The minimum absolute atomic E-state index is 0.0547. The van der Waals surface area contributed by atoms with E-state index in [1.807, 2.05) is 20.8 Å². The van der Waals surface area contributed by atoms with E-state index in [-0.39, 0.29) is 29.3 Å². The third kappa shape index (κ3) is 4.95. The van der Waals surface area contributed by atoms with Crippen LogP contribution >= 0.6 is 0 Å². The van der Waals surface area contributed by atoms with Crippen molar-refractivity contribution in [2.45, 2.75) is 51.0 Å². The van der Waals surface area contributed by atoms with Gasteiger partial charge in [-0.05, 0) is 57.4 Å². The van der Waals surface area contributed by atoms with Crippen molar-refractivity contribution in [3.05, 3.63) is 24.3 Å². The number of amides is 1. The molecule has 0 aliphatic carbocycles. The molecule has 1 aliphatic rings. The number of ether oxygens (including phenoxy) is 1. The van der Waals surface area contributed by atoms with Crippen molar-refractivity contribution in [3.63, 3.8) is 0 Å². The van der Waals surface area contributed by atoms with Crippen molar-refractivity contribution >= 4 is 15.9 Å². The quantitative estimate of drug-likeness (QED) is 0.802. The topological polar surface area (TPSA) is 75.7 Å². The first kappa shape index (κ1) is 19.7. The van der Waals surface area contributed by atoms with Crippen LogP contribution in [0.3, 0.4) is 0 Å². The number of hydrogen-bond donors (Lipinski definition) is 1. The molecule has 2 rings (SSSR count). The highest BCUT2D eigenvalue weighted by Crippen LogP contribution is 2.25. The van der Waals surface area contributed by atoms with Gasteiger partial charge < -0.3 is 10.1 Å². The van der Waals surface area contributed by atoms with Crippen LogP contribution < -0.4 is 10.1 Å².